The third-order valence-electron chi connectivity index (χ3n) is 5.07. The van der Waals surface area contributed by atoms with E-state index in [4.69, 9.17) is 10.2 Å². The molecule has 0 spiro atoms. The summed E-state index contributed by atoms with van der Waals surface area (Å²) in [7, 11) is 0. The summed E-state index contributed by atoms with van der Waals surface area (Å²) in [5.74, 6) is -0.231. The molecule has 0 bridgehead atoms. The number of nitrogens with one attached hydrogen (secondary N) is 1. The van der Waals surface area contributed by atoms with Crippen molar-refractivity contribution in [2.24, 2.45) is 0 Å². The first-order valence-electron chi connectivity index (χ1n) is 10.8. The number of rotatable bonds is 9. The molecule has 11 nitrogen and oxygen atoms in total. The van der Waals surface area contributed by atoms with Crippen LogP contribution in [0.5, 0.6) is 0 Å². The molecular formula is C23H23N7O4S. The molecule has 1 aromatic carbocycles. The van der Waals surface area contributed by atoms with Crippen molar-refractivity contribution in [1.29, 1.82) is 0 Å². The number of nitrogens with two attached hydrogens (primary N) is 1. The maximum absolute atomic E-state index is 13.2. The maximum Gasteiger partial charge on any atom is 0.330 e. The number of nitrogen functional groups attached to an aromatic ring is 1. The number of aromatic nitrogens is 5. The van der Waals surface area contributed by atoms with Gasteiger partial charge in [0, 0.05) is 24.5 Å². The average molecular weight is 494 g/mol. The zero-order valence-corrected chi connectivity index (χ0v) is 19.7. The van der Waals surface area contributed by atoms with E-state index in [-0.39, 0.29) is 41.5 Å². The van der Waals surface area contributed by atoms with E-state index >= 15 is 0 Å². The zero-order chi connectivity index (χ0) is 24.8. The summed E-state index contributed by atoms with van der Waals surface area (Å²) in [4.78, 5) is 45.9. The Morgan fingerprint density at radius 1 is 1.14 bits per heavy atom. The molecule has 0 saturated carbocycles. The molecule has 3 heterocycles. The number of benzene rings is 1. The van der Waals surface area contributed by atoms with Crippen LogP contribution in [0.25, 0.3) is 11.5 Å². The van der Waals surface area contributed by atoms with Crippen molar-refractivity contribution in [3.05, 3.63) is 81.3 Å². The number of anilines is 2. The van der Waals surface area contributed by atoms with Crippen LogP contribution in [-0.2, 0) is 11.3 Å². The van der Waals surface area contributed by atoms with Crippen molar-refractivity contribution >= 4 is 29.2 Å². The number of thioether (sulfide) groups is 1. The van der Waals surface area contributed by atoms with Crippen molar-refractivity contribution in [3.8, 4) is 11.5 Å². The highest BCUT2D eigenvalue weighted by Gasteiger charge is 2.24. The summed E-state index contributed by atoms with van der Waals surface area (Å²) in [5, 5.41) is 8.16. The smallest absolute Gasteiger partial charge is 0.330 e. The van der Waals surface area contributed by atoms with Gasteiger partial charge in [-0.15, -0.1) is 10.2 Å². The van der Waals surface area contributed by atoms with Gasteiger partial charge in [-0.3, -0.25) is 24.1 Å². The van der Waals surface area contributed by atoms with Crippen LogP contribution in [0.2, 0.25) is 0 Å². The van der Waals surface area contributed by atoms with Gasteiger partial charge in [-0.25, -0.2) is 4.79 Å². The second-order valence-corrected chi connectivity index (χ2v) is 8.43. The fourth-order valence-electron chi connectivity index (χ4n) is 3.43. The van der Waals surface area contributed by atoms with E-state index in [1.165, 1.54) is 9.47 Å². The molecule has 0 fully saturated rings. The van der Waals surface area contributed by atoms with Crippen LogP contribution in [0.4, 0.5) is 11.5 Å². The largest absolute Gasteiger partial charge is 0.411 e. The highest BCUT2D eigenvalue weighted by molar-refractivity contribution is 7.99. The van der Waals surface area contributed by atoms with E-state index in [2.05, 4.69) is 20.2 Å². The summed E-state index contributed by atoms with van der Waals surface area (Å²) in [6.07, 6.45) is 3.79. The molecule has 0 unspecified atom stereocenters. The normalized spacial score (nSPS) is 10.9. The lowest BCUT2D eigenvalue weighted by Crippen LogP contribution is -2.42. The lowest BCUT2D eigenvalue weighted by atomic mass is 10.2. The summed E-state index contributed by atoms with van der Waals surface area (Å²) < 4.78 is 6.86. The first kappa shape index (κ1) is 24.0. The molecular weight excluding hydrogens is 470 g/mol. The molecule has 0 aliphatic carbocycles. The predicted octanol–water partition coefficient (Wildman–Crippen LogP) is 2.15. The van der Waals surface area contributed by atoms with Gasteiger partial charge in [-0.1, -0.05) is 49.0 Å². The van der Waals surface area contributed by atoms with Gasteiger partial charge in [0.2, 0.25) is 11.8 Å². The molecule has 0 atom stereocenters. The van der Waals surface area contributed by atoms with Crippen LogP contribution in [0.3, 0.4) is 0 Å². The van der Waals surface area contributed by atoms with Crippen molar-refractivity contribution in [2.45, 2.75) is 25.1 Å². The lowest BCUT2D eigenvalue weighted by Gasteiger charge is -2.23. The van der Waals surface area contributed by atoms with Crippen LogP contribution < -0.4 is 21.9 Å². The monoisotopic (exact) mass is 493 g/mol. The molecule has 180 valence electrons. The number of pyridine rings is 1. The van der Waals surface area contributed by atoms with Crippen LogP contribution in [0.15, 0.2) is 74.1 Å². The average Bonchev–Trinajstić information content (AvgIpc) is 3.35. The molecule has 12 heteroatoms. The number of hydrogen-bond donors (Lipinski definition) is 2. The fraction of sp³-hybridized carbons (Fsp3) is 0.217. The standard InChI is InChI=1S/C23H23N7O4S/c1-2-12-29(17(31)14-35-23-28-27-21(34-23)16-8-10-25-11-9-16)18-19(24)30(22(33)26-20(18)32)13-15-6-4-3-5-7-15/h3-11H,2,12-14,24H2,1H3,(H,26,32,33). The van der Waals surface area contributed by atoms with Gasteiger partial charge < -0.3 is 15.1 Å². The fourth-order valence-corrected chi connectivity index (χ4v) is 4.07. The van der Waals surface area contributed by atoms with Gasteiger partial charge in [0.15, 0.2) is 5.69 Å². The Hall–Kier alpha value is -4.19. The van der Waals surface area contributed by atoms with E-state index in [0.29, 0.717) is 17.9 Å². The van der Waals surface area contributed by atoms with E-state index in [0.717, 1.165) is 17.3 Å². The minimum Gasteiger partial charge on any atom is -0.411 e. The first-order chi connectivity index (χ1) is 17.0. The number of aromatic amines is 1. The predicted molar refractivity (Wildman–Crippen MR) is 132 cm³/mol. The Bertz CT molecular complexity index is 1420. The Morgan fingerprint density at radius 2 is 1.89 bits per heavy atom. The van der Waals surface area contributed by atoms with Gasteiger partial charge in [0.1, 0.15) is 5.82 Å². The Labute approximate surface area is 204 Å². The summed E-state index contributed by atoms with van der Waals surface area (Å²) in [6, 6.07) is 12.7. The number of nitrogens with zero attached hydrogens (tertiary/aromatic N) is 5. The third kappa shape index (κ3) is 5.49. The van der Waals surface area contributed by atoms with Gasteiger partial charge in [0.25, 0.3) is 10.8 Å². The highest BCUT2D eigenvalue weighted by Crippen LogP contribution is 2.24. The summed E-state index contributed by atoms with van der Waals surface area (Å²) in [5.41, 5.74) is 6.38. The van der Waals surface area contributed by atoms with Crippen molar-refractivity contribution in [3.63, 3.8) is 0 Å². The molecule has 35 heavy (non-hydrogen) atoms. The SMILES string of the molecule is CCCN(C(=O)CSc1nnc(-c2ccncc2)o1)c1c(N)n(Cc2ccccc2)c(=O)[nH]c1=O. The zero-order valence-electron chi connectivity index (χ0n) is 18.9. The first-order valence-corrected chi connectivity index (χ1v) is 11.8. The summed E-state index contributed by atoms with van der Waals surface area (Å²) in [6.45, 7) is 2.26. The molecule has 0 aliphatic heterocycles. The Morgan fingerprint density at radius 3 is 2.60 bits per heavy atom. The number of H-pyrrole nitrogens is 1. The number of amides is 1. The molecule has 4 rings (SSSR count). The topological polar surface area (TPSA) is 153 Å². The number of carbonyl (C=O) groups excluding carboxylic acids is 1. The Kier molecular flexibility index (Phi) is 7.41. The molecule has 3 N–H and O–H groups in total. The molecule has 1 amide bonds. The summed E-state index contributed by atoms with van der Waals surface area (Å²) >= 11 is 1.05. The quantitative estimate of drug-likeness (QED) is 0.334. The van der Waals surface area contributed by atoms with Gasteiger partial charge in [0.05, 0.1) is 12.3 Å². The molecule has 0 saturated heterocycles. The Balaban J connectivity index is 1.56. The van der Waals surface area contributed by atoms with Crippen LogP contribution in [-0.4, -0.2) is 42.9 Å². The lowest BCUT2D eigenvalue weighted by molar-refractivity contribution is -0.116. The second-order valence-electron chi connectivity index (χ2n) is 7.51. The van der Waals surface area contributed by atoms with Crippen molar-refractivity contribution in [1.82, 2.24) is 24.7 Å². The number of carbonyl (C=O) groups is 1. The van der Waals surface area contributed by atoms with Gasteiger partial charge in [-0.05, 0) is 24.1 Å². The van der Waals surface area contributed by atoms with Crippen molar-refractivity contribution < 1.29 is 9.21 Å². The second kappa shape index (κ2) is 10.8. The van der Waals surface area contributed by atoms with Gasteiger partial charge in [-0.2, -0.15) is 0 Å². The van der Waals surface area contributed by atoms with E-state index < -0.39 is 11.2 Å². The van der Waals surface area contributed by atoms with Crippen LogP contribution in [0, 0.1) is 0 Å². The number of hydrogen-bond acceptors (Lipinski definition) is 9. The molecule has 4 aromatic rings. The van der Waals surface area contributed by atoms with Crippen LogP contribution in [0.1, 0.15) is 18.9 Å². The van der Waals surface area contributed by atoms with Crippen LogP contribution >= 0.6 is 11.8 Å². The molecule has 3 aromatic heterocycles. The van der Waals surface area contributed by atoms with Crippen molar-refractivity contribution in [2.75, 3.05) is 22.9 Å². The minimum absolute atomic E-state index is 0.0593. The van der Waals surface area contributed by atoms with Gasteiger partial charge >= 0.3 is 5.69 Å². The molecule has 0 aliphatic rings. The van der Waals surface area contributed by atoms with E-state index in [1.54, 1.807) is 24.5 Å². The van der Waals surface area contributed by atoms with E-state index in [9.17, 15) is 14.4 Å². The maximum atomic E-state index is 13.2. The third-order valence-corrected chi connectivity index (χ3v) is 5.87. The van der Waals surface area contributed by atoms with E-state index in [1.807, 2.05) is 37.3 Å². The molecule has 0 radical (unpaired) electrons. The minimum atomic E-state index is -0.721. The highest BCUT2D eigenvalue weighted by atomic mass is 32.2.